The van der Waals surface area contributed by atoms with Crippen LogP contribution in [0.2, 0.25) is 0 Å². The topological polar surface area (TPSA) is 67.6 Å². The normalized spacial score (nSPS) is 18.0. The van der Waals surface area contributed by atoms with E-state index in [2.05, 4.69) is 30.1 Å². The molecular formula is C20H33N3O2. The number of nitrogens with two attached hydrogens (primary N) is 1. The van der Waals surface area contributed by atoms with Crippen LogP contribution in [0.25, 0.3) is 0 Å². The summed E-state index contributed by atoms with van der Waals surface area (Å²) in [7, 11) is 1.70. The highest BCUT2D eigenvalue weighted by molar-refractivity contribution is 5.81. The van der Waals surface area contributed by atoms with E-state index >= 15 is 0 Å². The first-order valence-electron chi connectivity index (χ1n) is 9.43. The van der Waals surface area contributed by atoms with Gasteiger partial charge in [0.25, 0.3) is 0 Å². The van der Waals surface area contributed by atoms with E-state index in [9.17, 15) is 4.79 Å². The lowest BCUT2D eigenvalue weighted by molar-refractivity contribution is -0.123. The number of piperidine rings is 1. The summed E-state index contributed by atoms with van der Waals surface area (Å²) in [5.74, 6) is 1.22. The summed E-state index contributed by atoms with van der Waals surface area (Å²) in [6.45, 7) is 6.83. The van der Waals surface area contributed by atoms with E-state index in [4.69, 9.17) is 10.5 Å². The Kier molecular flexibility index (Phi) is 7.72. The van der Waals surface area contributed by atoms with Crippen LogP contribution in [0.3, 0.4) is 0 Å². The molecule has 0 spiro atoms. The van der Waals surface area contributed by atoms with Crippen molar-refractivity contribution >= 4 is 5.91 Å². The second kappa shape index (κ2) is 9.78. The zero-order chi connectivity index (χ0) is 18.2. The minimum atomic E-state index is -0.445. The Morgan fingerprint density at radius 2 is 1.92 bits per heavy atom. The van der Waals surface area contributed by atoms with Crippen LogP contribution in [0.15, 0.2) is 24.3 Å². The van der Waals surface area contributed by atoms with E-state index < -0.39 is 6.04 Å². The van der Waals surface area contributed by atoms with Gasteiger partial charge in [-0.1, -0.05) is 38.5 Å². The Morgan fingerprint density at radius 3 is 2.56 bits per heavy atom. The third kappa shape index (κ3) is 5.72. The molecule has 1 aromatic rings. The molecule has 3 N–H and O–H groups in total. The smallest absolute Gasteiger partial charge is 0.236 e. The molecule has 5 heteroatoms. The molecule has 140 valence electrons. The monoisotopic (exact) mass is 347 g/mol. The Hall–Kier alpha value is -1.59. The van der Waals surface area contributed by atoms with Crippen LogP contribution in [-0.2, 0) is 4.79 Å². The van der Waals surface area contributed by atoms with E-state index in [1.807, 2.05) is 18.2 Å². The summed E-state index contributed by atoms with van der Waals surface area (Å²) in [5.41, 5.74) is 7.16. The lowest BCUT2D eigenvalue weighted by atomic mass is 10.00. The van der Waals surface area contributed by atoms with Crippen molar-refractivity contribution in [3.63, 3.8) is 0 Å². The SMILES string of the molecule is COc1ccccc1C(CNC(=O)[C@@H](N)CC(C)C)N1CCCCC1. The molecule has 1 heterocycles. The van der Waals surface area contributed by atoms with Crippen molar-refractivity contribution in [1.82, 2.24) is 10.2 Å². The highest BCUT2D eigenvalue weighted by Gasteiger charge is 2.26. The molecule has 1 unspecified atom stereocenters. The fourth-order valence-corrected chi connectivity index (χ4v) is 3.55. The lowest BCUT2D eigenvalue weighted by Gasteiger charge is -2.35. The molecule has 0 bridgehead atoms. The van der Waals surface area contributed by atoms with Crippen LogP contribution in [0.4, 0.5) is 0 Å². The van der Waals surface area contributed by atoms with Crippen LogP contribution >= 0.6 is 0 Å². The van der Waals surface area contributed by atoms with Crippen molar-refractivity contribution in [3.05, 3.63) is 29.8 Å². The predicted octanol–water partition coefficient (Wildman–Crippen LogP) is 2.71. The number of ether oxygens (including phenoxy) is 1. The Balaban J connectivity index is 2.11. The van der Waals surface area contributed by atoms with Gasteiger partial charge in [0.05, 0.1) is 19.2 Å². The van der Waals surface area contributed by atoms with Crippen molar-refractivity contribution in [2.45, 2.75) is 51.6 Å². The van der Waals surface area contributed by atoms with Crippen molar-refractivity contribution in [3.8, 4) is 5.75 Å². The fraction of sp³-hybridized carbons (Fsp3) is 0.650. The van der Waals surface area contributed by atoms with Crippen LogP contribution in [0.5, 0.6) is 5.75 Å². The quantitative estimate of drug-likeness (QED) is 0.759. The number of amides is 1. The van der Waals surface area contributed by atoms with Crippen molar-refractivity contribution < 1.29 is 9.53 Å². The molecule has 1 saturated heterocycles. The van der Waals surface area contributed by atoms with Crippen LogP contribution in [0, 0.1) is 5.92 Å². The van der Waals surface area contributed by atoms with Gasteiger partial charge in [0.1, 0.15) is 5.75 Å². The van der Waals surface area contributed by atoms with Crippen molar-refractivity contribution in [1.29, 1.82) is 0 Å². The van der Waals surface area contributed by atoms with E-state index in [1.165, 1.54) is 19.3 Å². The molecule has 1 aliphatic heterocycles. The zero-order valence-corrected chi connectivity index (χ0v) is 15.8. The summed E-state index contributed by atoms with van der Waals surface area (Å²) >= 11 is 0. The summed E-state index contributed by atoms with van der Waals surface area (Å²) in [6, 6.07) is 7.76. The molecule has 1 amide bonds. The number of rotatable bonds is 8. The third-order valence-electron chi connectivity index (χ3n) is 4.86. The highest BCUT2D eigenvalue weighted by Crippen LogP contribution is 2.30. The number of nitrogens with one attached hydrogen (secondary N) is 1. The molecule has 1 fully saturated rings. The zero-order valence-electron chi connectivity index (χ0n) is 15.8. The summed E-state index contributed by atoms with van der Waals surface area (Å²) in [4.78, 5) is 14.8. The number of hydrogen-bond acceptors (Lipinski definition) is 4. The largest absolute Gasteiger partial charge is 0.496 e. The number of benzene rings is 1. The maximum atomic E-state index is 12.4. The molecule has 2 atom stereocenters. The van der Waals surface area contributed by atoms with Gasteiger partial charge >= 0.3 is 0 Å². The molecule has 0 saturated carbocycles. The maximum absolute atomic E-state index is 12.4. The highest BCUT2D eigenvalue weighted by atomic mass is 16.5. The standard InChI is InChI=1S/C20H33N3O2/c1-15(2)13-17(21)20(24)22-14-18(23-11-7-4-8-12-23)16-9-5-6-10-19(16)25-3/h5-6,9-10,15,17-18H,4,7-8,11-14,21H2,1-3H3,(H,22,24)/t17-,18?/m0/s1. The summed E-state index contributed by atoms with van der Waals surface area (Å²) in [5, 5.41) is 3.07. The van der Waals surface area contributed by atoms with E-state index in [1.54, 1.807) is 7.11 Å². The first-order chi connectivity index (χ1) is 12.0. The van der Waals surface area contributed by atoms with Gasteiger partial charge in [0, 0.05) is 12.1 Å². The average Bonchev–Trinajstić information content (AvgIpc) is 2.62. The molecule has 0 aliphatic carbocycles. The molecule has 0 aromatic heterocycles. The van der Waals surface area contributed by atoms with Gasteiger partial charge in [-0.15, -0.1) is 0 Å². The van der Waals surface area contributed by atoms with Gasteiger partial charge in [-0.05, 0) is 44.3 Å². The first-order valence-corrected chi connectivity index (χ1v) is 9.43. The molecule has 5 nitrogen and oxygen atoms in total. The van der Waals surface area contributed by atoms with Gasteiger partial charge < -0.3 is 15.8 Å². The fourth-order valence-electron chi connectivity index (χ4n) is 3.55. The maximum Gasteiger partial charge on any atom is 0.236 e. The number of carbonyl (C=O) groups is 1. The second-order valence-electron chi connectivity index (χ2n) is 7.34. The lowest BCUT2D eigenvalue weighted by Crippen LogP contribution is -2.46. The predicted molar refractivity (Wildman–Crippen MR) is 102 cm³/mol. The Bertz CT molecular complexity index is 541. The Morgan fingerprint density at radius 1 is 1.24 bits per heavy atom. The van der Waals surface area contributed by atoms with Crippen LogP contribution in [-0.4, -0.2) is 43.6 Å². The van der Waals surface area contributed by atoms with E-state index in [-0.39, 0.29) is 11.9 Å². The van der Waals surface area contributed by atoms with Crippen LogP contribution < -0.4 is 15.8 Å². The minimum absolute atomic E-state index is 0.0643. The summed E-state index contributed by atoms with van der Waals surface area (Å²) < 4.78 is 5.56. The van der Waals surface area contributed by atoms with Gasteiger partial charge in [0.15, 0.2) is 0 Å². The molecule has 2 rings (SSSR count). The minimum Gasteiger partial charge on any atom is -0.496 e. The molecule has 25 heavy (non-hydrogen) atoms. The number of hydrogen-bond donors (Lipinski definition) is 2. The van der Waals surface area contributed by atoms with E-state index in [0.29, 0.717) is 18.9 Å². The van der Waals surface area contributed by atoms with Gasteiger partial charge in [-0.3, -0.25) is 9.69 Å². The number of para-hydroxylation sites is 1. The van der Waals surface area contributed by atoms with Crippen molar-refractivity contribution in [2.75, 3.05) is 26.7 Å². The van der Waals surface area contributed by atoms with Crippen LogP contribution in [0.1, 0.15) is 51.1 Å². The number of methoxy groups -OCH3 is 1. The third-order valence-corrected chi connectivity index (χ3v) is 4.86. The molecular weight excluding hydrogens is 314 g/mol. The summed E-state index contributed by atoms with van der Waals surface area (Å²) in [6.07, 6.45) is 4.38. The average molecular weight is 348 g/mol. The number of likely N-dealkylation sites (tertiary alicyclic amines) is 1. The molecule has 0 radical (unpaired) electrons. The Labute approximate surface area is 151 Å². The first kappa shape index (κ1) is 19.7. The van der Waals surface area contributed by atoms with Crippen molar-refractivity contribution in [2.24, 2.45) is 11.7 Å². The number of carbonyl (C=O) groups excluding carboxylic acids is 1. The van der Waals surface area contributed by atoms with Gasteiger partial charge in [-0.25, -0.2) is 0 Å². The number of nitrogens with zero attached hydrogens (tertiary/aromatic N) is 1. The molecule has 1 aliphatic rings. The van der Waals surface area contributed by atoms with Gasteiger partial charge in [0.2, 0.25) is 5.91 Å². The van der Waals surface area contributed by atoms with Gasteiger partial charge in [-0.2, -0.15) is 0 Å². The molecule has 1 aromatic carbocycles. The second-order valence-corrected chi connectivity index (χ2v) is 7.34. The van der Waals surface area contributed by atoms with E-state index in [0.717, 1.165) is 24.4 Å².